The van der Waals surface area contributed by atoms with Crippen LogP contribution < -0.4 is 10.9 Å². The standard InChI is InChI=1S/C18H24N2O/c1-4-10-19-17(13-20-11-6-5-7-18(20)21)16-9-8-14(2)15(3)12-16/h5-9,11-12,17,19H,4,10,13H2,1-3H3. The van der Waals surface area contributed by atoms with Crippen LogP contribution in [0, 0.1) is 13.8 Å². The van der Waals surface area contributed by atoms with Gasteiger partial charge in [0.25, 0.3) is 5.56 Å². The van der Waals surface area contributed by atoms with Crippen molar-refractivity contribution in [2.45, 2.75) is 39.8 Å². The average molecular weight is 284 g/mol. The molecule has 0 amide bonds. The predicted molar refractivity (Wildman–Crippen MR) is 87.7 cm³/mol. The van der Waals surface area contributed by atoms with Crippen molar-refractivity contribution in [1.29, 1.82) is 0 Å². The third-order valence-corrected chi connectivity index (χ3v) is 3.85. The molecule has 0 aliphatic rings. The molecule has 0 aliphatic heterocycles. The molecule has 112 valence electrons. The SMILES string of the molecule is CCCNC(Cn1ccccc1=O)c1ccc(C)c(C)c1. The van der Waals surface area contributed by atoms with Gasteiger partial charge in [0.2, 0.25) is 0 Å². The first kappa shape index (κ1) is 15.5. The third kappa shape index (κ3) is 4.05. The van der Waals surface area contributed by atoms with Gasteiger partial charge in [0.05, 0.1) is 6.04 Å². The van der Waals surface area contributed by atoms with Crippen molar-refractivity contribution in [1.82, 2.24) is 9.88 Å². The molecule has 0 saturated carbocycles. The maximum atomic E-state index is 11.9. The van der Waals surface area contributed by atoms with Crippen LogP contribution in [0.2, 0.25) is 0 Å². The highest BCUT2D eigenvalue weighted by atomic mass is 16.1. The van der Waals surface area contributed by atoms with Crippen molar-refractivity contribution < 1.29 is 0 Å². The van der Waals surface area contributed by atoms with Crippen molar-refractivity contribution >= 4 is 0 Å². The van der Waals surface area contributed by atoms with Crippen molar-refractivity contribution in [2.24, 2.45) is 0 Å². The van der Waals surface area contributed by atoms with E-state index in [0.717, 1.165) is 13.0 Å². The molecule has 0 saturated heterocycles. The molecule has 1 N–H and O–H groups in total. The molecule has 1 unspecified atom stereocenters. The molecule has 3 heteroatoms. The topological polar surface area (TPSA) is 34.0 Å². The van der Waals surface area contributed by atoms with Gasteiger partial charge in [-0.3, -0.25) is 4.79 Å². The normalized spacial score (nSPS) is 12.3. The molecule has 2 aromatic rings. The minimum Gasteiger partial charge on any atom is -0.314 e. The zero-order valence-electron chi connectivity index (χ0n) is 13.1. The number of benzene rings is 1. The Balaban J connectivity index is 2.27. The van der Waals surface area contributed by atoms with E-state index in [9.17, 15) is 4.79 Å². The van der Waals surface area contributed by atoms with Gasteiger partial charge in [-0.25, -0.2) is 0 Å². The summed E-state index contributed by atoms with van der Waals surface area (Å²) >= 11 is 0. The van der Waals surface area contributed by atoms with Gasteiger partial charge in [-0.2, -0.15) is 0 Å². The highest BCUT2D eigenvalue weighted by molar-refractivity contribution is 5.31. The number of pyridine rings is 1. The maximum Gasteiger partial charge on any atom is 0.250 e. The predicted octanol–water partition coefficient (Wildman–Crippen LogP) is 3.21. The van der Waals surface area contributed by atoms with Crippen LogP contribution in [0.4, 0.5) is 0 Å². The molecule has 1 aromatic heterocycles. The van der Waals surface area contributed by atoms with Crippen LogP contribution in [0.1, 0.15) is 36.1 Å². The number of nitrogens with one attached hydrogen (secondary N) is 1. The first-order valence-corrected chi connectivity index (χ1v) is 7.58. The molecule has 1 aromatic carbocycles. The molecule has 0 radical (unpaired) electrons. The quantitative estimate of drug-likeness (QED) is 0.884. The van der Waals surface area contributed by atoms with Crippen molar-refractivity contribution in [2.75, 3.05) is 6.54 Å². The summed E-state index contributed by atoms with van der Waals surface area (Å²) in [7, 11) is 0. The van der Waals surface area contributed by atoms with E-state index < -0.39 is 0 Å². The number of hydrogen-bond acceptors (Lipinski definition) is 2. The molecule has 0 aliphatic carbocycles. The van der Waals surface area contributed by atoms with Gasteiger partial charge in [-0.15, -0.1) is 0 Å². The average Bonchev–Trinajstić information content (AvgIpc) is 2.48. The molecule has 2 rings (SSSR count). The summed E-state index contributed by atoms with van der Waals surface area (Å²) in [6.07, 6.45) is 2.93. The molecule has 0 spiro atoms. The molecular formula is C18H24N2O. The zero-order chi connectivity index (χ0) is 15.2. The lowest BCUT2D eigenvalue weighted by Gasteiger charge is -2.21. The lowest BCUT2D eigenvalue weighted by Crippen LogP contribution is -2.30. The van der Waals surface area contributed by atoms with E-state index in [4.69, 9.17) is 0 Å². The Morgan fingerprint density at radius 2 is 1.95 bits per heavy atom. The monoisotopic (exact) mass is 284 g/mol. The highest BCUT2D eigenvalue weighted by Gasteiger charge is 2.12. The van der Waals surface area contributed by atoms with E-state index in [-0.39, 0.29) is 11.6 Å². The Hall–Kier alpha value is -1.87. The van der Waals surface area contributed by atoms with Crippen LogP contribution in [0.25, 0.3) is 0 Å². The minimum absolute atomic E-state index is 0.0460. The molecule has 0 bridgehead atoms. The van der Waals surface area contributed by atoms with Crippen molar-refractivity contribution in [3.63, 3.8) is 0 Å². The largest absolute Gasteiger partial charge is 0.314 e. The fourth-order valence-electron chi connectivity index (χ4n) is 2.40. The number of hydrogen-bond donors (Lipinski definition) is 1. The summed E-state index contributed by atoms with van der Waals surface area (Å²) in [5.74, 6) is 0. The van der Waals surface area contributed by atoms with Crippen molar-refractivity contribution in [3.05, 3.63) is 69.6 Å². The van der Waals surface area contributed by atoms with Gasteiger partial charge in [-0.05, 0) is 49.6 Å². The first-order valence-electron chi connectivity index (χ1n) is 7.58. The van der Waals surface area contributed by atoms with E-state index in [2.05, 4.69) is 44.3 Å². The number of rotatable bonds is 6. The molecule has 21 heavy (non-hydrogen) atoms. The number of nitrogens with zero attached hydrogens (tertiary/aromatic N) is 1. The van der Waals surface area contributed by atoms with Crippen LogP contribution >= 0.6 is 0 Å². The Morgan fingerprint density at radius 1 is 1.14 bits per heavy atom. The molecule has 1 atom stereocenters. The summed E-state index contributed by atoms with van der Waals surface area (Å²) in [5, 5.41) is 3.55. The summed E-state index contributed by atoms with van der Waals surface area (Å²) in [4.78, 5) is 11.9. The first-order chi connectivity index (χ1) is 10.1. The number of aryl methyl sites for hydroxylation is 2. The third-order valence-electron chi connectivity index (χ3n) is 3.85. The van der Waals surface area contributed by atoms with Gasteiger partial charge in [0, 0.05) is 18.8 Å². The van der Waals surface area contributed by atoms with Crippen LogP contribution in [-0.4, -0.2) is 11.1 Å². The van der Waals surface area contributed by atoms with Crippen LogP contribution in [-0.2, 0) is 6.54 Å². The summed E-state index contributed by atoms with van der Waals surface area (Å²) in [5.41, 5.74) is 3.87. The smallest absolute Gasteiger partial charge is 0.250 e. The lowest BCUT2D eigenvalue weighted by molar-refractivity contribution is 0.456. The fourth-order valence-corrected chi connectivity index (χ4v) is 2.40. The van der Waals surface area contributed by atoms with E-state index in [1.54, 1.807) is 16.7 Å². The second-order valence-electron chi connectivity index (χ2n) is 5.54. The summed E-state index contributed by atoms with van der Waals surface area (Å²) < 4.78 is 1.77. The lowest BCUT2D eigenvalue weighted by atomic mass is 10.0. The zero-order valence-corrected chi connectivity index (χ0v) is 13.1. The highest BCUT2D eigenvalue weighted by Crippen LogP contribution is 2.18. The van der Waals surface area contributed by atoms with E-state index in [0.29, 0.717) is 6.54 Å². The van der Waals surface area contributed by atoms with E-state index >= 15 is 0 Å². The summed E-state index contributed by atoms with van der Waals surface area (Å²) in [6.45, 7) is 8.00. The Morgan fingerprint density at radius 3 is 2.62 bits per heavy atom. The molecule has 1 heterocycles. The van der Waals surface area contributed by atoms with Crippen LogP contribution in [0.5, 0.6) is 0 Å². The second-order valence-corrected chi connectivity index (χ2v) is 5.54. The maximum absolute atomic E-state index is 11.9. The van der Waals surface area contributed by atoms with Gasteiger partial charge in [0.15, 0.2) is 0 Å². The molecular weight excluding hydrogens is 260 g/mol. The van der Waals surface area contributed by atoms with Crippen LogP contribution in [0.15, 0.2) is 47.4 Å². The Kier molecular flexibility index (Phi) is 5.34. The number of aromatic nitrogens is 1. The van der Waals surface area contributed by atoms with E-state index in [1.165, 1.54) is 16.7 Å². The van der Waals surface area contributed by atoms with Gasteiger partial charge >= 0.3 is 0 Å². The molecule has 3 nitrogen and oxygen atoms in total. The Labute approximate surface area is 126 Å². The fraction of sp³-hybridized carbons (Fsp3) is 0.389. The minimum atomic E-state index is 0.0460. The van der Waals surface area contributed by atoms with Crippen molar-refractivity contribution in [3.8, 4) is 0 Å². The molecule has 0 fully saturated rings. The van der Waals surface area contributed by atoms with Crippen LogP contribution in [0.3, 0.4) is 0 Å². The Bertz CT molecular complexity index is 646. The summed E-state index contributed by atoms with van der Waals surface area (Å²) in [6, 6.07) is 12.0. The van der Waals surface area contributed by atoms with E-state index in [1.807, 2.05) is 12.3 Å². The van der Waals surface area contributed by atoms with Gasteiger partial charge in [0.1, 0.15) is 0 Å². The van der Waals surface area contributed by atoms with Gasteiger partial charge in [-0.1, -0.05) is 31.2 Å². The second kappa shape index (κ2) is 7.23. The van der Waals surface area contributed by atoms with Gasteiger partial charge < -0.3 is 9.88 Å².